The van der Waals surface area contributed by atoms with Crippen LogP contribution in [0.15, 0.2) is 12.1 Å². The van der Waals surface area contributed by atoms with Crippen LogP contribution in [0.4, 0.5) is 17.1 Å². The topological polar surface area (TPSA) is 141 Å². The SMILES string of the molecule is NC(=O)c1cc([N+](=O)[O-])c(NC2CCCCC2)c([N+](=O)[O-])c1. The zero-order chi connectivity index (χ0) is 16.3. The lowest BCUT2D eigenvalue weighted by atomic mass is 9.95. The number of hydrogen-bond acceptors (Lipinski definition) is 6. The van der Waals surface area contributed by atoms with Crippen LogP contribution in [0.1, 0.15) is 42.5 Å². The first-order valence-electron chi connectivity index (χ1n) is 6.93. The molecule has 1 aliphatic carbocycles. The Labute approximate surface area is 125 Å². The fourth-order valence-electron chi connectivity index (χ4n) is 2.64. The summed E-state index contributed by atoms with van der Waals surface area (Å²) in [5.74, 6) is -0.949. The molecule has 1 aliphatic rings. The molecule has 22 heavy (non-hydrogen) atoms. The highest BCUT2D eigenvalue weighted by molar-refractivity contribution is 5.96. The molecule has 0 radical (unpaired) electrons. The van der Waals surface area contributed by atoms with Crippen LogP contribution in [0.2, 0.25) is 0 Å². The standard InChI is InChI=1S/C13H16N4O5/c14-13(18)8-6-10(16(19)20)12(11(7-8)17(21)22)15-9-4-2-1-3-5-9/h6-7,9,15H,1-5H2,(H2,14,18). The van der Waals surface area contributed by atoms with Gasteiger partial charge >= 0.3 is 0 Å². The van der Waals surface area contributed by atoms with Gasteiger partial charge in [0.2, 0.25) is 5.91 Å². The molecule has 9 nitrogen and oxygen atoms in total. The minimum absolute atomic E-state index is 0.0504. The van der Waals surface area contributed by atoms with Crippen molar-refractivity contribution in [3.8, 4) is 0 Å². The van der Waals surface area contributed by atoms with Crippen molar-refractivity contribution in [2.24, 2.45) is 5.73 Å². The zero-order valence-corrected chi connectivity index (χ0v) is 11.8. The Morgan fingerprint density at radius 2 is 1.59 bits per heavy atom. The monoisotopic (exact) mass is 308 g/mol. The minimum atomic E-state index is -0.949. The number of nitrogens with one attached hydrogen (secondary N) is 1. The van der Waals surface area contributed by atoms with Gasteiger partial charge in [-0.05, 0) is 12.8 Å². The number of nitrogens with two attached hydrogens (primary N) is 1. The van der Waals surface area contributed by atoms with Crippen molar-refractivity contribution < 1.29 is 14.6 Å². The van der Waals surface area contributed by atoms with Crippen molar-refractivity contribution in [2.45, 2.75) is 38.1 Å². The number of carbonyl (C=O) groups excluding carboxylic acids is 1. The van der Waals surface area contributed by atoms with Gasteiger partial charge in [-0.2, -0.15) is 0 Å². The van der Waals surface area contributed by atoms with E-state index in [1.54, 1.807) is 0 Å². The number of hydrogen-bond donors (Lipinski definition) is 2. The second-order valence-corrected chi connectivity index (χ2v) is 5.25. The molecule has 0 heterocycles. The summed E-state index contributed by atoms with van der Waals surface area (Å²) in [4.78, 5) is 32.1. The maximum atomic E-state index is 11.2. The normalized spacial score (nSPS) is 15.3. The molecule has 9 heteroatoms. The van der Waals surface area contributed by atoms with Gasteiger partial charge in [-0.15, -0.1) is 0 Å². The van der Waals surface area contributed by atoms with Gasteiger partial charge in [-0.25, -0.2) is 0 Å². The van der Waals surface area contributed by atoms with Crippen molar-refractivity contribution in [3.63, 3.8) is 0 Å². The number of rotatable bonds is 5. The average Bonchev–Trinajstić information content (AvgIpc) is 2.47. The summed E-state index contributed by atoms with van der Waals surface area (Å²) < 4.78 is 0. The first-order chi connectivity index (χ1) is 10.4. The summed E-state index contributed by atoms with van der Waals surface area (Å²) in [7, 11) is 0. The second kappa shape index (κ2) is 6.37. The average molecular weight is 308 g/mol. The third-order valence-corrected chi connectivity index (χ3v) is 3.73. The number of nitrogens with zero attached hydrogens (tertiary/aromatic N) is 2. The first kappa shape index (κ1) is 15.7. The first-order valence-corrected chi connectivity index (χ1v) is 6.93. The Bertz CT molecular complexity index is 590. The molecule has 0 atom stereocenters. The molecule has 1 aromatic carbocycles. The Kier molecular flexibility index (Phi) is 4.54. The quantitative estimate of drug-likeness (QED) is 0.631. The summed E-state index contributed by atoms with van der Waals surface area (Å²) in [6, 6.07) is 1.90. The molecule has 0 spiro atoms. The molecule has 0 aromatic heterocycles. The largest absolute Gasteiger partial charge is 0.371 e. The Balaban J connectivity index is 2.50. The van der Waals surface area contributed by atoms with E-state index in [1.807, 2.05) is 0 Å². The Hall–Kier alpha value is -2.71. The summed E-state index contributed by atoms with van der Waals surface area (Å²) in [5, 5.41) is 25.3. The molecule has 3 N–H and O–H groups in total. The lowest BCUT2D eigenvalue weighted by Crippen LogP contribution is -2.23. The molecule has 1 aromatic rings. The number of anilines is 1. The maximum absolute atomic E-state index is 11.2. The third kappa shape index (κ3) is 3.30. The third-order valence-electron chi connectivity index (χ3n) is 3.73. The Morgan fingerprint density at radius 1 is 1.09 bits per heavy atom. The summed E-state index contributed by atoms with van der Waals surface area (Å²) in [5.41, 5.74) is 3.65. The molecule has 2 rings (SSSR count). The maximum Gasteiger partial charge on any atom is 0.300 e. The van der Waals surface area contributed by atoms with Crippen LogP contribution >= 0.6 is 0 Å². The van der Waals surface area contributed by atoms with Crippen molar-refractivity contribution in [2.75, 3.05) is 5.32 Å². The van der Waals surface area contributed by atoms with Crippen molar-refractivity contribution >= 4 is 23.0 Å². The van der Waals surface area contributed by atoms with E-state index < -0.39 is 27.1 Å². The van der Waals surface area contributed by atoms with E-state index in [2.05, 4.69) is 5.32 Å². The number of carbonyl (C=O) groups is 1. The van der Waals surface area contributed by atoms with Crippen LogP contribution in [-0.4, -0.2) is 21.8 Å². The lowest BCUT2D eigenvalue weighted by molar-refractivity contribution is -0.392. The Morgan fingerprint density at radius 3 is 2.00 bits per heavy atom. The van der Waals surface area contributed by atoms with Crippen LogP contribution in [0, 0.1) is 20.2 Å². The number of benzene rings is 1. The number of primary amides is 1. The predicted molar refractivity (Wildman–Crippen MR) is 78.8 cm³/mol. The van der Waals surface area contributed by atoms with Crippen molar-refractivity contribution in [1.29, 1.82) is 0 Å². The highest BCUT2D eigenvalue weighted by Gasteiger charge is 2.30. The molecular formula is C13H16N4O5. The molecule has 118 valence electrons. The molecule has 0 bridgehead atoms. The number of nitro benzene ring substituents is 2. The summed E-state index contributed by atoms with van der Waals surface area (Å²) in [6.07, 6.45) is 4.62. The van der Waals surface area contributed by atoms with Crippen LogP contribution < -0.4 is 11.1 Å². The van der Waals surface area contributed by atoms with E-state index >= 15 is 0 Å². The molecule has 1 amide bonds. The lowest BCUT2D eigenvalue weighted by Gasteiger charge is -2.23. The fourth-order valence-corrected chi connectivity index (χ4v) is 2.64. The predicted octanol–water partition coefficient (Wildman–Crippen LogP) is 2.35. The highest BCUT2D eigenvalue weighted by atomic mass is 16.6. The second-order valence-electron chi connectivity index (χ2n) is 5.25. The van der Waals surface area contributed by atoms with Crippen LogP contribution in [0.3, 0.4) is 0 Å². The van der Waals surface area contributed by atoms with E-state index in [-0.39, 0.29) is 17.3 Å². The van der Waals surface area contributed by atoms with Crippen molar-refractivity contribution in [1.82, 2.24) is 0 Å². The van der Waals surface area contributed by atoms with Crippen LogP contribution in [-0.2, 0) is 0 Å². The van der Waals surface area contributed by atoms with Gasteiger partial charge in [0.1, 0.15) is 0 Å². The van der Waals surface area contributed by atoms with E-state index in [1.165, 1.54) is 0 Å². The smallest absolute Gasteiger partial charge is 0.300 e. The number of amides is 1. The van der Waals surface area contributed by atoms with E-state index in [9.17, 15) is 25.0 Å². The van der Waals surface area contributed by atoms with E-state index in [0.717, 1.165) is 44.2 Å². The molecule has 1 saturated carbocycles. The van der Waals surface area contributed by atoms with Crippen LogP contribution in [0.5, 0.6) is 0 Å². The van der Waals surface area contributed by atoms with Gasteiger partial charge in [-0.3, -0.25) is 25.0 Å². The minimum Gasteiger partial charge on any atom is -0.371 e. The van der Waals surface area contributed by atoms with E-state index in [4.69, 9.17) is 5.73 Å². The molecule has 0 aliphatic heterocycles. The van der Waals surface area contributed by atoms with Gasteiger partial charge in [0.25, 0.3) is 11.4 Å². The molecule has 1 fully saturated rings. The molecule has 0 saturated heterocycles. The fraction of sp³-hybridized carbons (Fsp3) is 0.462. The number of nitro groups is 2. The van der Waals surface area contributed by atoms with Gasteiger partial charge in [0, 0.05) is 18.2 Å². The van der Waals surface area contributed by atoms with Crippen molar-refractivity contribution in [3.05, 3.63) is 37.9 Å². The molecule has 0 unspecified atom stereocenters. The summed E-state index contributed by atoms with van der Waals surface area (Å²) >= 11 is 0. The molecular weight excluding hydrogens is 292 g/mol. The summed E-state index contributed by atoms with van der Waals surface area (Å²) in [6.45, 7) is 0. The van der Waals surface area contributed by atoms with Gasteiger partial charge < -0.3 is 11.1 Å². The van der Waals surface area contributed by atoms with Gasteiger partial charge in [-0.1, -0.05) is 19.3 Å². The zero-order valence-electron chi connectivity index (χ0n) is 11.8. The van der Waals surface area contributed by atoms with Gasteiger partial charge in [0.15, 0.2) is 5.69 Å². The van der Waals surface area contributed by atoms with Gasteiger partial charge in [0.05, 0.1) is 15.4 Å². The van der Waals surface area contributed by atoms with Crippen LogP contribution in [0.25, 0.3) is 0 Å². The highest BCUT2D eigenvalue weighted by Crippen LogP contribution is 2.37. The van der Waals surface area contributed by atoms with E-state index in [0.29, 0.717) is 0 Å².